The van der Waals surface area contributed by atoms with E-state index in [2.05, 4.69) is 5.32 Å². The molecule has 0 heterocycles. The molecule has 0 radical (unpaired) electrons. The number of benzene rings is 1. The number of nitrogens with zero attached hydrogens (tertiary/aromatic N) is 2. The highest BCUT2D eigenvalue weighted by Crippen LogP contribution is 2.25. The van der Waals surface area contributed by atoms with Crippen LogP contribution in [0.5, 0.6) is 0 Å². The van der Waals surface area contributed by atoms with Crippen molar-refractivity contribution in [3.8, 4) is 0 Å². The Morgan fingerprint density at radius 1 is 1.28 bits per heavy atom. The van der Waals surface area contributed by atoms with Crippen molar-refractivity contribution >= 4 is 11.4 Å². The Balaban J connectivity index is 2.83. The summed E-state index contributed by atoms with van der Waals surface area (Å²) in [7, 11) is 1.76. The molecule has 0 aromatic heterocycles. The Bertz CT molecular complexity index is 449. The molecule has 1 aromatic rings. The molecule has 0 saturated carbocycles. The quantitative estimate of drug-likeness (QED) is 0.446. The molecule has 0 unspecified atom stereocenters. The maximum Gasteiger partial charge on any atom is 0.281 e. The van der Waals surface area contributed by atoms with Crippen LogP contribution < -0.4 is 5.32 Å². The van der Waals surface area contributed by atoms with Gasteiger partial charge in [-0.25, -0.2) is 0 Å². The molecule has 0 aliphatic heterocycles. The molecular weight excluding hydrogens is 242 g/mol. The highest BCUT2D eigenvalue weighted by atomic mass is 16.6. The molecule has 0 saturated heterocycles. The van der Waals surface area contributed by atoms with Crippen molar-refractivity contribution in [3.63, 3.8) is 0 Å². The molecular formula is C10H13N3O5. The second-order valence-electron chi connectivity index (χ2n) is 3.48. The highest BCUT2D eigenvalue weighted by molar-refractivity contribution is 5.48. The SMILES string of the molecule is CNCCOCc1ccc([N+](=O)[O-])cc1[N+](=O)[O-]. The number of rotatable bonds is 7. The number of nitro benzene ring substituents is 2. The third kappa shape index (κ3) is 3.75. The van der Waals surface area contributed by atoms with Crippen molar-refractivity contribution in [1.29, 1.82) is 0 Å². The molecule has 0 spiro atoms. The first kappa shape index (κ1) is 14.0. The fraction of sp³-hybridized carbons (Fsp3) is 0.400. The molecule has 1 aromatic carbocycles. The van der Waals surface area contributed by atoms with Crippen LogP contribution in [-0.4, -0.2) is 30.0 Å². The Morgan fingerprint density at radius 2 is 2.00 bits per heavy atom. The smallest absolute Gasteiger partial charge is 0.281 e. The Morgan fingerprint density at radius 3 is 2.56 bits per heavy atom. The van der Waals surface area contributed by atoms with Gasteiger partial charge < -0.3 is 10.1 Å². The topological polar surface area (TPSA) is 108 Å². The van der Waals surface area contributed by atoms with Crippen molar-refractivity contribution < 1.29 is 14.6 Å². The third-order valence-corrected chi connectivity index (χ3v) is 2.23. The predicted octanol–water partition coefficient (Wildman–Crippen LogP) is 1.24. The van der Waals surface area contributed by atoms with Crippen molar-refractivity contribution in [3.05, 3.63) is 44.0 Å². The van der Waals surface area contributed by atoms with Crippen LogP contribution in [0, 0.1) is 20.2 Å². The van der Waals surface area contributed by atoms with Gasteiger partial charge >= 0.3 is 0 Å². The number of hydrogen-bond acceptors (Lipinski definition) is 6. The number of non-ortho nitro benzene ring substituents is 1. The molecule has 1 N–H and O–H groups in total. The van der Waals surface area contributed by atoms with E-state index in [4.69, 9.17) is 4.74 Å². The minimum Gasteiger partial charge on any atom is -0.375 e. The Kier molecular flexibility index (Phi) is 5.15. The van der Waals surface area contributed by atoms with Crippen LogP contribution in [0.3, 0.4) is 0 Å². The van der Waals surface area contributed by atoms with E-state index in [1.54, 1.807) is 7.05 Å². The minimum absolute atomic E-state index is 0.0516. The van der Waals surface area contributed by atoms with E-state index in [9.17, 15) is 20.2 Å². The van der Waals surface area contributed by atoms with Crippen LogP contribution in [0.25, 0.3) is 0 Å². The van der Waals surface area contributed by atoms with Crippen LogP contribution >= 0.6 is 0 Å². The van der Waals surface area contributed by atoms with Gasteiger partial charge in [0.15, 0.2) is 0 Å². The summed E-state index contributed by atoms with van der Waals surface area (Å²) in [6, 6.07) is 3.51. The van der Waals surface area contributed by atoms with E-state index < -0.39 is 9.85 Å². The summed E-state index contributed by atoms with van der Waals surface area (Å²) in [5.74, 6) is 0. The minimum atomic E-state index is -0.668. The van der Waals surface area contributed by atoms with E-state index in [0.717, 1.165) is 6.07 Å². The molecule has 98 valence electrons. The van der Waals surface area contributed by atoms with Gasteiger partial charge in [-0.1, -0.05) is 0 Å². The lowest BCUT2D eigenvalue weighted by Crippen LogP contribution is -2.14. The van der Waals surface area contributed by atoms with Crippen molar-refractivity contribution in [1.82, 2.24) is 5.32 Å². The number of nitro groups is 2. The monoisotopic (exact) mass is 255 g/mol. The fourth-order valence-corrected chi connectivity index (χ4v) is 1.31. The standard InChI is InChI=1S/C10H13N3O5/c1-11-4-5-18-7-8-2-3-9(12(14)15)6-10(8)13(16)17/h2-3,6,11H,4-5,7H2,1H3. The normalized spacial score (nSPS) is 10.3. The van der Waals surface area contributed by atoms with E-state index >= 15 is 0 Å². The van der Waals surface area contributed by atoms with Gasteiger partial charge in [-0.05, 0) is 13.1 Å². The molecule has 0 aliphatic carbocycles. The van der Waals surface area contributed by atoms with E-state index in [1.165, 1.54) is 12.1 Å². The van der Waals surface area contributed by atoms with Crippen LogP contribution in [0.15, 0.2) is 18.2 Å². The molecule has 8 nitrogen and oxygen atoms in total. The third-order valence-electron chi connectivity index (χ3n) is 2.23. The molecule has 8 heteroatoms. The lowest BCUT2D eigenvalue weighted by molar-refractivity contribution is -0.394. The summed E-state index contributed by atoms with van der Waals surface area (Å²) < 4.78 is 5.21. The van der Waals surface area contributed by atoms with Gasteiger partial charge in [0.05, 0.1) is 34.7 Å². The fourth-order valence-electron chi connectivity index (χ4n) is 1.31. The molecule has 0 atom stereocenters. The summed E-state index contributed by atoms with van der Waals surface area (Å²) in [6.45, 7) is 1.08. The van der Waals surface area contributed by atoms with Crippen molar-refractivity contribution in [2.45, 2.75) is 6.61 Å². The van der Waals surface area contributed by atoms with Gasteiger partial charge in [-0.2, -0.15) is 0 Å². The zero-order chi connectivity index (χ0) is 13.5. The number of likely N-dealkylation sites (N-methyl/N-ethyl adjacent to an activating group) is 1. The van der Waals surface area contributed by atoms with Gasteiger partial charge in [-0.15, -0.1) is 0 Å². The number of ether oxygens (including phenoxy) is 1. The highest BCUT2D eigenvalue weighted by Gasteiger charge is 2.19. The van der Waals surface area contributed by atoms with Gasteiger partial charge in [0, 0.05) is 12.6 Å². The molecule has 18 heavy (non-hydrogen) atoms. The summed E-state index contributed by atoms with van der Waals surface area (Å²) in [4.78, 5) is 20.0. The van der Waals surface area contributed by atoms with E-state index in [1.807, 2.05) is 0 Å². The molecule has 0 aliphatic rings. The first-order valence-corrected chi connectivity index (χ1v) is 5.20. The lowest BCUT2D eigenvalue weighted by Gasteiger charge is -2.04. The van der Waals surface area contributed by atoms with Crippen molar-refractivity contribution in [2.24, 2.45) is 0 Å². The second-order valence-corrected chi connectivity index (χ2v) is 3.48. The average Bonchev–Trinajstić information content (AvgIpc) is 2.34. The van der Waals surface area contributed by atoms with E-state index in [0.29, 0.717) is 18.7 Å². The second kappa shape index (κ2) is 6.62. The zero-order valence-corrected chi connectivity index (χ0v) is 9.79. The lowest BCUT2D eigenvalue weighted by atomic mass is 10.1. The maximum absolute atomic E-state index is 10.8. The molecule has 0 amide bonds. The van der Waals surface area contributed by atoms with Gasteiger partial charge in [-0.3, -0.25) is 20.2 Å². The molecule has 0 fully saturated rings. The van der Waals surface area contributed by atoms with E-state index in [-0.39, 0.29) is 18.0 Å². The maximum atomic E-state index is 10.8. The number of hydrogen-bond donors (Lipinski definition) is 1. The van der Waals surface area contributed by atoms with Crippen LogP contribution in [0.1, 0.15) is 5.56 Å². The first-order chi connectivity index (χ1) is 8.56. The van der Waals surface area contributed by atoms with Gasteiger partial charge in [0.25, 0.3) is 11.4 Å². The molecule has 0 bridgehead atoms. The summed E-state index contributed by atoms with van der Waals surface area (Å²) in [6.07, 6.45) is 0. The molecule has 1 rings (SSSR count). The number of nitrogens with one attached hydrogen (secondary N) is 1. The zero-order valence-electron chi connectivity index (χ0n) is 9.79. The van der Waals surface area contributed by atoms with Crippen molar-refractivity contribution in [2.75, 3.05) is 20.2 Å². The largest absolute Gasteiger partial charge is 0.375 e. The predicted molar refractivity (Wildman–Crippen MR) is 63.3 cm³/mol. The first-order valence-electron chi connectivity index (χ1n) is 5.20. The summed E-state index contributed by atoms with van der Waals surface area (Å²) in [5.41, 5.74) is -0.281. The average molecular weight is 255 g/mol. The van der Waals surface area contributed by atoms with Crippen LogP contribution in [0.2, 0.25) is 0 Å². The summed E-state index contributed by atoms with van der Waals surface area (Å²) in [5, 5.41) is 24.2. The Hall–Kier alpha value is -2.06. The van der Waals surface area contributed by atoms with Crippen LogP contribution in [0.4, 0.5) is 11.4 Å². The van der Waals surface area contributed by atoms with Crippen LogP contribution in [-0.2, 0) is 11.3 Å². The van der Waals surface area contributed by atoms with Gasteiger partial charge in [0.1, 0.15) is 0 Å². The Labute approximate surface area is 103 Å². The summed E-state index contributed by atoms with van der Waals surface area (Å²) >= 11 is 0. The van der Waals surface area contributed by atoms with Gasteiger partial charge in [0.2, 0.25) is 0 Å².